The molecule has 6 aromatic rings. The third kappa shape index (κ3) is 16.0. The number of allylic oxidation sites excluding steroid dienone is 20. The first kappa shape index (κ1) is 50.2. The summed E-state index contributed by atoms with van der Waals surface area (Å²) < 4.78 is 2.35. The summed E-state index contributed by atoms with van der Waals surface area (Å²) in [4.78, 5) is 0. The van der Waals surface area contributed by atoms with Crippen molar-refractivity contribution in [2.75, 3.05) is 0 Å². The fourth-order valence-corrected chi connectivity index (χ4v) is 6.67. The van der Waals surface area contributed by atoms with Crippen molar-refractivity contribution in [2.24, 2.45) is 0 Å². The van der Waals surface area contributed by atoms with Crippen LogP contribution < -0.4 is 0 Å². The van der Waals surface area contributed by atoms with E-state index in [0.29, 0.717) is 0 Å². The van der Waals surface area contributed by atoms with Crippen LogP contribution in [0, 0.1) is 0 Å². The number of nitrogens with zero attached hydrogens (tertiary/aromatic N) is 1. The highest BCUT2D eigenvalue weighted by Crippen LogP contribution is 2.37. The van der Waals surface area contributed by atoms with Crippen molar-refractivity contribution >= 4 is 56.5 Å². The van der Waals surface area contributed by atoms with Crippen LogP contribution in [0.25, 0.3) is 56.5 Å². The van der Waals surface area contributed by atoms with Crippen LogP contribution >= 0.6 is 0 Å². The van der Waals surface area contributed by atoms with Gasteiger partial charge in [0.2, 0.25) is 0 Å². The summed E-state index contributed by atoms with van der Waals surface area (Å²) >= 11 is 0. The van der Waals surface area contributed by atoms with Gasteiger partial charge in [-0.05, 0) is 104 Å². The van der Waals surface area contributed by atoms with E-state index >= 15 is 0 Å². The second-order valence-corrected chi connectivity index (χ2v) is 13.7. The summed E-state index contributed by atoms with van der Waals surface area (Å²) in [5.74, 6) is 0. The van der Waals surface area contributed by atoms with Gasteiger partial charge in [0.25, 0.3) is 0 Å². The van der Waals surface area contributed by atoms with Gasteiger partial charge in [-0.2, -0.15) is 0 Å². The number of hydrogen-bond donors (Lipinski definition) is 0. The first-order chi connectivity index (χ1) is 31.1. The van der Waals surface area contributed by atoms with Crippen LogP contribution in [0.1, 0.15) is 79.0 Å². The molecule has 6 rings (SSSR count). The van der Waals surface area contributed by atoms with Crippen molar-refractivity contribution in [1.29, 1.82) is 0 Å². The van der Waals surface area contributed by atoms with Gasteiger partial charge in [0.05, 0.1) is 11.0 Å². The van der Waals surface area contributed by atoms with E-state index < -0.39 is 0 Å². The maximum atomic E-state index is 3.15. The van der Waals surface area contributed by atoms with Crippen LogP contribution in [0.4, 0.5) is 0 Å². The normalized spacial score (nSPS) is 12.6. The average Bonchev–Trinajstić information content (AvgIpc) is 3.64. The molecule has 320 valence electrons. The van der Waals surface area contributed by atoms with Gasteiger partial charge in [-0.25, -0.2) is 0 Å². The van der Waals surface area contributed by atoms with Gasteiger partial charge in [0.15, 0.2) is 0 Å². The number of fused-ring (bicyclic) bond motifs is 4. The highest BCUT2D eigenvalue weighted by Gasteiger charge is 2.15. The quantitative estimate of drug-likeness (QED) is 0.0807. The molecule has 0 atom stereocenters. The van der Waals surface area contributed by atoms with Gasteiger partial charge in [0.1, 0.15) is 0 Å². The number of benzene rings is 5. The Kier molecular flexibility index (Phi) is 23.9. The molecule has 0 aliphatic rings. The molecule has 0 saturated heterocycles. The van der Waals surface area contributed by atoms with Crippen LogP contribution in [0.2, 0.25) is 0 Å². The highest BCUT2D eigenvalue weighted by atomic mass is 15.0. The first-order valence-corrected chi connectivity index (χ1v) is 22.3. The van der Waals surface area contributed by atoms with E-state index in [-0.39, 0.29) is 0 Å². The van der Waals surface area contributed by atoms with Crippen molar-refractivity contribution < 1.29 is 0 Å². The van der Waals surface area contributed by atoms with Crippen LogP contribution in [-0.4, -0.2) is 4.57 Å². The minimum absolute atomic E-state index is 1.12. The van der Waals surface area contributed by atoms with E-state index in [1.165, 1.54) is 60.4 Å². The van der Waals surface area contributed by atoms with Gasteiger partial charge in [-0.1, -0.05) is 234 Å². The molecule has 0 unspecified atom stereocenters. The Balaban J connectivity index is 0.000000320. The van der Waals surface area contributed by atoms with Crippen molar-refractivity contribution in [3.05, 3.63) is 258 Å². The van der Waals surface area contributed by atoms with Gasteiger partial charge < -0.3 is 4.57 Å². The number of hydrogen-bond acceptors (Lipinski definition) is 0. The van der Waals surface area contributed by atoms with Crippen LogP contribution in [0.5, 0.6) is 0 Å². The molecule has 0 spiro atoms. The van der Waals surface area contributed by atoms with Crippen molar-refractivity contribution in [3.8, 4) is 0 Å². The topological polar surface area (TPSA) is 4.93 Å². The summed E-state index contributed by atoms with van der Waals surface area (Å²) in [6.45, 7) is 18.3. The zero-order chi connectivity index (χ0) is 45.5. The Morgan fingerprint density at radius 3 is 1.84 bits per heavy atom. The smallest absolute Gasteiger partial charge is 0.0613 e. The molecular weight excluding hydrogens is 759 g/mol. The summed E-state index contributed by atoms with van der Waals surface area (Å²) in [5.41, 5.74) is 12.8. The molecule has 0 radical (unpaired) electrons. The number of rotatable bonds is 13. The fourth-order valence-electron chi connectivity index (χ4n) is 6.67. The first-order valence-electron chi connectivity index (χ1n) is 22.3. The lowest BCUT2D eigenvalue weighted by Crippen LogP contribution is -1.91. The van der Waals surface area contributed by atoms with E-state index in [1.807, 2.05) is 109 Å². The largest absolute Gasteiger partial charge is 0.315 e. The van der Waals surface area contributed by atoms with E-state index in [4.69, 9.17) is 0 Å². The molecule has 1 heterocycles. The number of aromatic nitrogens is 1. The Bertz CT molecular complexity index is 2700. The molecule has 0 N–H and O–H groups in total. The van der Waals surface area contributed by atoms with Gasteiger partial charge in [-0.15, -0.1) is 5.73 Å². The molecule has 0 amide bonds. The fraction of sp³-hybridized carbons (Fsp3) is 0.145. The predicted molar refractivity (Wildman–Crippen MR) is 287 cm³/mol. The third-order valence-corrected chi connectivity index (χ3v) is 9.35. The lowest BCUT2D eigenvalue weighted by atomic mass is 9.99. The summed E-state index contributed by atoms with van der Waals surface area (Å²) in [6, 6.07) is 40.5. The second-order valence-electron chi connectivity index (χ2n) is 13.7. The second kappa shape index (κ2) is 29.9. The molecule has 0 bridgehead atoms. The lowest BCUT2D eigenvalue weighted by Gasteiger charge is -2.09. The zero-order valence-electron chi connectivity index (χ0n) is 39.0. The minimum Gasteiger partial charge on any atom is -0.315 e. The average molecular weight is 826 g/mol. The van der Waals surface area contributed by atoms with Gasteiger partial charge >= 0.3 is 0 Å². The van der Waals surface area contributed by atoms with Crippen molar-refractivity contribution in [1.82, 2.24) is 4.57 Å². The third-order valence-electron chi connectivity index (χ3n) is 9.35. The Morgan fingerprint density at radius 1 is 0.508 bits per heavy atom. The maximum Gasteiger partial charge on any atom is 0.0613 e. The molecule has 0 fully saturated rings. The van der Waals surface area contributed by atoms with Crippen LogP contribution in [-0.2, 0) is 0 Å². The molecular formula is C62H67N. The molecule has 1 heteroatoms. The lowest BCUT2D eigenvalue weighted by molar-refractivity contribution is 1.26. The van der Waals surface area contributed by atoms with Crippen LogP contribution in [0.3, 0.4) is 0 Å². The summed E-state index contributed by atoms with van der Waals surface area (Å²) in [7, 11) is 0. The van der Waals surface area contributed by atoms with E-state index in [2.05, 4.69) is 206 Å². The minimum atomic E-state index is 1.12. The Morgan fingerprint density at radius 2 is 1.14 bits per heavy atom. The maximum absolute atomic E-state index is 3.15. The highest BCUT2D eigenvalue weighted by molar-refractivity contribution is 6.17. The Labute approximate surface area is 379 Å². The van der Waals surface area contributed by atoms with Gasteiger partial charge in [0, 0.05) is 22.5 Å². The van der Waals surface area contributed by atoms with Crippen LogP contribution in [0.15, 0.2) is 242 Å². The van der Waals surface area contributed by atoms with E-state index in [1.54, 1.807) is 0 Å². The predicted octanol–water partition coefficient (Wildman–Crippen LogP) is 18.7. The van der Waals surface area contributed by atoms with Crippen molar-refractivity contribution in [3.63, 3.8) is 0 Å². The molecule has 0 saturated carbocycles. The molecule has 0 aliphatic heterocycles. The Hall–Kier alpha value is -7.18. The SMILES string of the molecule is C/C=C\C(C)=C/n1c2ccccc2c2cc3ccccc3c(/C=C\C=C/c3ccccc3)c21.C/C=C\C=C/C=C=C/C=C(\C=C/C)/C=C\C(=C/C=C/C)c1ccccc1.CC.CC. The van der Waals surface area contributed by atoms with Crippen molar-refractivity contribution in [2.45, 2.75) is 62.3 Å². The monoisotopic (exact) mass is 826 g/mol. The molecule has 1 nitrogen and oxygen atoms in total. The summed E-state index contributed by atoms with van der Waals surface area (Å²) in [6.07, 6.45) is 43.6. The van der Waals surface area contributed by atoms with E-state index in [9.17, 15) is 0 Å². The molecule has 63 heavy (non-hydrogen) atoms. The number of para-hydroxylation sites is 1. The zero-order valence-corrected chi connectivity index (χ0v) is 39.0. The molecule has 1 aromatic heterocycles. The molecule has 0 aliphatic carbocycles. The van der Waals surface area contributed by atoms with Gasteiger partial charge in [-0.3, -0.25) is 0 Å². The van der Waals surface area contributed by atoms with E-state index in [0.717, 1.165) is 5.57 Å². The molecule has 5 aromatic carbocycles. The summed E-state index contributed by atoms with van der Waals surface area (Å²) in [5, 5.41) is 5.07. The standard InChI is InChI=1S/C32H27N.C26H28.2C2H6/c1-3-13-24(2)23-33-31-21-12-11-19-28(31)30-22-26-17-8-10-18-27(26)29(32(30)33)20-9-7-16-25-14-5-4-6-15-25;1-4-7-9-10-11-12-14-18-24(17-6-3)22-23-26(19-8-5-2)25-20-15-13-16-21-25;2*1-2/h3-23H,1-2H3;4-11,13-23H,1-3H3;2*1-2H3/b13-3-,16-7-,20-9-,24-23-;7-4-,8-5+,10-9-,17-6-,23-22-,24-18+,26-19+;;.